The number of anilines is 1. The highest BCUT2D eigenvalue weighted by Crippen LogP contribution is 2.25. The van der Waals surface area contributed by atoms with Gasteiger partial charge in [0.15, 0.2) is 0 Å². The smallest absolute Gasteiger partial charge is 0.264 e. The Kier molecular flexibility index (Phi) is 9.19. The molecule has 2 aromatic carbocycles. The summed E-state index contributed by atoms with van der Waals surface area (Å²) in [5.74, 6) is 0.756. The van der Waals surface area contributed by atoms with Gasteiger partial charge < -0.3 is 9.47 Å². The van der Waals surface area contributed by atoms with Crippen LogP contribution in [-0.2, 0) is 14.8 Å². The molecule has 0 radical (unpaired) electrons. The molecule has 3 rings (SSSR count). The van der Waals surface area contributed by atoms with Gasteiger partial charge in [0.2, 0.25) is 0 Å². The van der Waals surface area contributed by atoms with Gasteiger partial charge in [0.05, 0.1) is 30.4 Å². The van der Waals surface area contributed by atoms with Crippen molar-refractivity contribution >= 4 is 31.6 Å². The van der Waals surface area contributed by atoms with Crippen molar-refractivity contribution in [3.8, 4) is 5.75 Å². The second-order valence-corrected chi connectivity index (χ2v) is 10.5. The van der Waals surface area contributed by atoms with Crippen molar-refractivity contribution in [3.63, 3.8) is 0 Å². The SMILES string of the molecule is CN(c1ccc(OCCCCCCN2CCOCC2)cc1)S(=O)(=O)c1ccc(Br)cc1. The maximum Gasteiger partial charge on any atom is 0.264 e. The van der Waals surface area contributed by atoms with Crippen LogP contribution in [0.15, 0.2) is 57.9 Å². The summed E-state index contributed by atoms with van der Waals surface area (Å²) in [6, 6.07) is 13.8. The molecule has 0 aliphatic carbocycles. The van der Waals surface area contributed by atoms with Crippen LogP contribution in [0.5, 0.6) is 5.75 Å². The van der Waals surface area contributed by atoms with Crippen molar-refractivity contribution in [2.45, 2.75) is 30.6 Å². The molecule has 170 valence electrons. The number of benzene rings is 2. The molecule has 8 heteroatoms. The van der Waals surface area contributed by atoms with Crippen LogP contribution in [0.25, 0.3) is 0 Å². The Labute approximate surface area is 194 Å². The standard InChI is InChI=1S/C23H31BrN2O4S/c1-25(31(27,28)23-12-6-20(24)7-13-23)21-8-10-22(11-9-21)30-17-5-3-2-4-14-26-15-18-29-19-16-26/h6-13H,2-5,14-19H2,1H3. The number of hydrogen-bond acceptors (Lipinski definition) is 5. The molecule has 31 heavy (non-hydrogen) atoms. The molecule has 0 spiro atoms. The summed E-state index contributed by atoms with van der Waals surface area (Å²) < 4.78 is 38.9. The first-order valence-electron chi connectivity index (χ1n) is 10.7. The van der Waals surface area contributed by atoms with E-state index in [-0.39, 0.29) is 4.90 Å². The normalized spacial score (nSPS) is 15.0. The molecule has 0 saturated carbocycles. The number of hydrogen-bond donors (Lipinski definition) is 0. The third kappa shape index (κ3) is 7.20. The monoisotopic (exact) mass is 510 g/mol. The lowest BCUT2D eigenvalue weighted by molar-refractivity contribution is 0.0371. The van der Waals surface area contributed by atoms with E-state index in [0.717, 1.165) is 55.9 Å². The Morgan fingerprint density at radius 1 is 0.968 bits per heavy atom. The van der Waals surface area contributed by atoms with Crippen molar-refractivity contribution in [1.29, 1.82) is 0 Å². The van der Waals surface area contributed by atoms with Crippen LogP contribution >= 0.6 is 15.9 Å². The number of morpholine rings is 1. The Bertz CT molecular complexity index is 898. The minimum atomic E-state index is -3.60. The van der Waals surface area contributed by atoms with Gasteiger partial charge in [0, 0.05) is 24.6 Å². The zero-order valence-electron chi connectivity index (χ0n) is 18.0. The molecule has 0 atom stereocenters. The summed E-state index contributed by atoms with van der Waals surface area (Å²) >= 11 is 3.33. The lowest BCUT2D eigenvalue weighted by Gasteiger charge is -2.26. The van der Waals surface area contributed by atoms with Gasteiger partial charge in [-0.05, 0) is 67.9 Å². The van der Waals surface area contributed by atoms with E-state index in [9.17, 15) is 8.42 Å². The van der Waals surface area contributed by atoms with Crippen LogP contribution in [-0.4, -0.2) is 59.8 Å². The molecule has 0 unspecified atom stereocenters. The maximum atomic E-state index is 12.8. The van der Waals surface area contributed by atoms with Crippen LogP contribution in [0.4, 0.5) is 5.69 Å². The van der Waals surface area contributed by atoms with Crippen LogP contribution in [0.2, 0.25) is 0 Å². The second kappa shape index (κ2) is 11.9. The van der Waals surface area contributed by atoms with Crippen molar-refractivity contribution in [2.75, 3.05) is 50.8 Å². The highest BCUT2D eigenvalue weighted by Gasteiger charge is 2.21. The summed E-state index contributed by atoms with van der Waals surface area (Å²) in [5.41, 5.74) is 0.596. The fraction of sp³-hybridized carbons (Fsp3) is 0.478. The molecule has 1 heterocycles. The first-order chi connectivity index (χ1) is 15.0. The Morgan fingerprint density at radius 2 is 1.61 bits per heavy atom. The first kappa shape index (κ1) is 24.0. The third-order valence-electron chi connectivity index (χ3n) is 5.41. The molecule has 0 aromatic heterocycles. The lowest BCUT2D eigenvalue weighted by atomic mass is 10.2. The molecular weight excluding hydrogens is 480 g/mol. The Balaban J connectivity index is 1.39. The fourth-order valence-corrected chi connectivity index (χ4v) is 4.92. The van der Waals surface area contributed by atoms with Crippen LogP contribution in [0.3, 0.4) is 0 Å². The maximum absolute atomic E-state index is 12.8. The van der Waals surface area contributed by atoms with Gasteiger partial charge in [-0.15, -0.1) is 0 Å². The molecule has 1 saturated heterocycles. The van der Waals surface area contributed by atoms with Gasteiger partial charge in [-0.2, -0.15) is 0 Å². The summed E-state index contributed by atoms with van der Waals surface area (Å²) in [6.07, 6.45) is 4.59. The molecule has 0 N–H and O–H groups in total. The predicted molar refractivity (Wildman–Crippen MR) is 127 cm³/mol. The average molecular weight is 511 g/mol. The van der Waals surface area contributed by atoms with Crippen molar-refractivity contribution in [3.05, 3.63) is 53.0 Å². The summed E-state index contributed by atoms with van der Waals surface area (Å²) in [4.78, 5) is 2.72. The molecule has 1 aliphatic rings. The molecule has 1 fully saturated rings. The number of nitrogens with zero attached hydrogens (tertiary/aromatic N) is 2. The van der Waals surface area contributed by atoms with Gasteiger partial charge >= 0.3 is 0 Å². The van der Waals surface area contributed by atoms with Crippen molar-refractivity contribution < 1.29 is 17.9 Å². The van der Waals surface area contributed by atoms with Gasteiger partial charge in [-0.3, -0.25) is 9.21 Å². The number of halogens is 1. The number of unbranched alkanes of at least 4 members (excludes halogenated alkanes) is 3. The van der Waals surface area contributed by atoms with Gasteiger partial charge in [0.25, 0.3) is 10.0 Å². The van der Waals surface area contributed by atoms with Crippen LogP contribution < -0.4 is 9.04 Å². The number of sulfonamides is 1. The van der Waals surface area contributed by atoms with E-state index in [1.54, 1.807) is 43.4 Å². The van der Waals surface area contributed by atoms with Gasteiger partial charge in [-0.25, -0.2) is 8.42 Å². The molecule has 2 aromatic rings. The molecule has 6 nitrogen and oxygen atoms in total. The minimum Gasteiger partial charge on any atom is -0.494 e. The van der Waals surface area contributed by atoms with Gasteiger partial charge in [0.1, 0.15) is 5.75 Å². The summed E-state index contributed by atoms with van der Waals surface area (Å²) in [5, 5.41) is 0. The fourth-order valence-electron chi connectivity index (χ4n) is 3.46. The topological polar surface area (TPSA) is 59.1 Å². The lowest BCUT2D eigenvalue weighted by Crippen LogP contribution is -2.36. The van der Waals surface area contributed by atoms with Crippen LogP contribution in [0, 0.1) is 0 Å². The van der Waals surface area contributed by atoms with E-state index in [1.165, 1.54) is 17.1 Å². The largest absolute Gasteiger partial charge is 0.494 e. The quantitative estimate of drug-likeness (QED) is 0.415. The molecule has 0 bridgehead atoms. The zero-order valence-corrected chi connectivity index (χ0v) is 20.4. The first-order valence-corrected chi connectivity index (χ1v) is 13.0. The van der Waals surface area contributed by atoms with Crippen LogP contribution in [0.1, 0.15) is 25.7 Å². The van der Waals surface area contributed by atoms with Gasteiger partial charge in [-0.1, -0.05) is 28.8 Å². The summed E-state index contributed by atoms with van der Waals surface area (Å²) in [6.45, 7) is 5.65. The molecular formula is C23H31BrN2O4S. The number of rotatable bonds is 11. The van der Waals surface area contributed by atoms with E-state index in [4.69, 9.17) is 9.47 Å². The van der Waals surface area contributed by atoms with Crippen molar-refractivity contribution in [1.82, 2.24) is 4.90 Å². The molecule has 0 amide bonds. The van der Waals surface area contributed by atoms with E-state index in [0.29, 0.717) is 12.3 Å². The second-order valence-electron chi connectivity index (χ2n) is 7.64. The Morgan fingerprint density at radius 3 is 2.29 bits per heavy atom. The van der Waals surface area contributed by atoms with E-state index < -0.39 is 10.0 Å². The average Bonchev–Trinajstić information content (AvgIpc) is 2.79. The van der Waals surface area contributed by atoms with Crippen molar-refractivity contribution in [2.24, 2.45) is 0 Å². The van der Waals surface area contributed by atoms with E-state index >= 15 is 0 Å². The highest BCUT2D eigenvalue weighted by molar-refractivity contribution is 9.10. The predicted octanol–water partition coefficient (Wildman–Crippen LogP) is 4.55. The molecule has 1 aliphatic heterocycles. The van der Waals surface area contributed by atoms with E-state index in [2.05, 4.69) is 20.8 Å². The van der Waals surface area contributed by atoms with E-state index in [1.807, 2.05) is 12.1 Å². The third-order valence-corrected chi connectivity index (χ3v) is 7.74. The number of ether oxygens (including phenoxy) is 2. The summed E-state index contributed by atoms with van der Waals surface area (Å²) in [7, 11) is -2.04. The minimum absolute atomic E-state index is 0.257. The Hall–Kier alpha value is -1.61. The highest BCUT2D eigenvalue weighted by atomic mass is 79.9. The zero-order chi connectivity index (χ0) is 22.1.